The summed E-state index contributed by atoms with van der Waals surface area (Å²) >= 11 is 0. The van der Waals surface area contributed by atoms with Gasteiger partial charge in [0.1, 0.15) is 30.8 Å². The van der Waals surface area contributed by atoms with E-state index in [1.54, 1.807) is 30.7 Å². The van der Waals surface area contributed by atoms with E-state index in [9.17, 15) is 0 Å². The third kappa shape index (κ3) is 9.83. The molecular weight excluding hydrogens is 396 g/mol. The molecule has 10 nitrogen and oxygen atoms in total. The fourth-order valence-corrected chi connectivity index (χ4v) is 1.77. The predicted molar refractivity (Wildman–Crippen MR) is 128 cm³/mol. The molecule has 4 heterocycles. The van der Waals surface area contributed by atoms with E-state index in [-0.39, 0.29) is 7.43 Å². The van der Waals surface area contributed by atoms with E-state index in [0.717, 1.165) is 16.6 Å². The minimum atomic E-state index is 0. The molecule has 0 aliphatic heterocycles. The summed E-state index contributed by atoms with van der Waals surface area (Å²) in [6.07, 6.45) is 4.97. The van der Waals surface area contributed by atoms with E-state index >= 15 is 0 Å². The monoisotopic (exact) mass is 436 g/mol. The van der Waals surface area contributed by atoms with Crippen molar-refractivity contribution >= 4 is 22.2 Å². The first-order chi connectivity index (χ1) is 14.8. The highest BCUT2D eigenvalue weighted by Crippen LogP contribution is 2.05. The van der Waals surface area contributed by atoms with Crippen LogP contribution >= 0.6 is 0 Å². The Morgan fingerprint density at radius 1 is 0.710 bits per heavy atom. The fraction of sp³-hybridized carbons (Fsp3) is 0.524. The number of hydrogen-bond donors (Lipinski definition) is 0. The van der Waals surface area contributed by atoms with E-state index in [1.807, 2.05) is 61.5 Å². The van der Waals surface area contributed by atoms with Crippen LogP contribution in [0.25, 0.3) is 22.2 Å². The smallest absolute Gasteiger partial charge is 0.205 e. The summed E-state index contributed by atoms with van der Waals surface area (Å²) in [5, 5.41) is 15.0. The van der Waals surface area contributed by atoms with Crippen LogP contribution in [0.5, 0.6) is 0 Å². The van der Waals surface area contributed by atoms with Gasteiger partial charge in [-0.25, -0.2) is 4.98 Å². The fourth-order valence-electron chi connectivity index (χ4n) is 1.77. The number of aromatic nitrogens is 8. The molecule has 0 amide bonds. The van der Waals surface area contributed by atoms with Crippen molar-refractivity contribution in [3.05, 3.63) is 36.8 Å². The lowest BCUT2D eigenvalue weighted by Crippen LogP contribution is -2.06. The van der Waals surface area contributed by atoms with Crippen LogP contribution < -0.4 is 9.68 Å². The van der Waals surface area contributed by atoms with Crippen LogP contribution in [0.15, 0.2) is 36.8 Å². The van der Waals surface area contributed by atoms with E-state index < -0.39 is 0 Å². The van der Waals surface area contributed by atoms with Crippen LogP contribution in [-0.2, 0) is 0 Å². The average molecular weight is 437 g/mol. The number of hydrogen-bond acceptors (Lipinski definition) is 8. The SMILES string of the molecule is C.CC.CC.CC.CC.COn1nnc2cnccc21.COn1nnc2ncccc21. The average Bonchev–Trinajstić information content (AvgIpc) is 3.48. The van der Waals surface area contributed by atoms with Gasteiger partial charge in [0.2, 0.25) is 5.65 Å². The first kappa shape index (κ1) is 32.4. The molecule has 0 unspecified atom stereocenters. The van der Waals surface area contributed by atoms with Crippen LogP contribution in [0.1, 0.15) is 62.8 Å². The summed E-state index contributed by atoms with van der Waals surface area (Å²) in [5.74, 6) is 0. The van der Waals surface area contributed by atoms with E-state index in [1.165, 1.54) is 23.9 Å². The van der Waals surface area contributed by atoms with Crippen LogP contribution in [-0.4, -0.2) is 54.5 Å². The Labute approximate surface area is 186 Å². The van der Waals surface area contributed by atoms with Crippen molar-refractivity contribution in [2.45, 2.75) is 62.8 Å². The van der Waals surface area contributed by atoms with E-state index in [2.05, 4.69) is 30.6 Å². The number of nitrogens with zero attached hydrogens (tertiary/aromatic N) is 8. The van der Waals surface area contributed by atoms with Gasteiger partial charge in [0.25, 0.3) is 0 Å². The lowest BCUT2D eigenvalue weighted by molar-refractivity contribution is 0.139. The maximum absolute atomic E-state index is 4.88. The summed E-state index contributed by atoms with van der Waals surface area (Å²) in [7, 11) is 3.07. The molecule has 0 bridgehead atoms. The molecular formula is C21H40N8O2. The van der Waals surface area contributed by atoms with Gasteiger partial charge in [0.15, 0.2) is 0 Å². The Kier molecular flexibility index (Phi) is 22.4. The van der Waals surface area contributed by atoms with Crippen LogP contribution in [0.2, 0.25) is 0 Å². The Morgan fingerprint density at radius 2 is 1.26 bits per heavy atom. The van der Waals surface area contributed by atoms with Crippen LogP contribution in [0.3, 0.4) is 0 Å². The highest BCUT2D eigenvalue weighted by Gasteiger charge is 2.02. The lowest BCUT2D eigenvalue weighted by atomic mass is 10.4. The van der Waals surface area contributed by atoms with Gasteiger partial charge in [0, 0.05) is 12.4 Å². The van der Waals surface area contributed by atoms with Gasteiger partial charge in [-0.15, -0.1) is 10.2 Å². The van der Waals surface area contributed by atoms with Crippen LogP contribution in [0.4, 0.5) is 0 Å². The Bertz CT molecular complexity index is 819. The molecule has 0 N–H and O–H groups in total. The predicted octanol–water partition coefficient (Wildman–Crippen LogP) is 4.51. The zero-order valence-electron chi connectivity index (χ0n) is 19.9. The standard InChI is InChI=1S/2C6H6N4O.4C2H6.CH4/c1-11-10-6-2-3-7-4-5(6)8-9-10;1-11-10-5-3-2-4-7-6(5)8-9-10;4*1-2;/h2*2-4H,1H3;4*1-2H3;1H4. The summed E-state index contributed by atoms with van der Waals surface area (Å²) in [6.45, 7) is 16.0. The first-order valence-corrected chi connectivity index (χ1v) is 10.2. The third-order valence-electron chi connectivity index (χ3n) is 2.76. The van der Waals surface area contributed by atoms with Gasteiger partial charge in [-0.1, -0.05) is 72.5 Å². The second kappa shape index (κ2) is 21.4. The molecule has 0 aromatic carbocycles. The molecule has 31 heavy (non-hydrogen) atoms. The number of fused-ring (bicyclic) bond motifs is 2. The second-order valence-electron chi connectivity index (χ2n) is 4.00. The lowest BCUT2D eigenvalue weighted by Gasteiger charge is -1.95. The van der Waals surface area contributed by atoms with Crippen molar-refractivity contribution in [1.82, 2.24) is 40.3 Å². The molecule has 4 aromatic heterocycles. The second-order valence-corrected chi connectivity index (χ2v) is 4.00. The zero-order valence-corrected chi connectivity index (χ0v) is 19.9. The van der Waals surface area contributed by atoms with Crippen molar-refractivity contribution in [2.24, 2.45) is 0 Å². The highest BCUT2D eigenvalue weighted by atomic mass is 16.7. The van der Waals surface area contributed by atoms with Gasteiger partial charge in [-0.05, 0) is 28.6 Å². The number of pyridine rings is 2. The first-order valence-electron chi connectivity index (χ1n) is 10.2. The van der Waals surface area contributed by atoms with Crippen molar-refractivity contribution in [3.63, 3.8) is 0 Å². The van der Waals surface area contributed by atoms with E-state index in [4.69, 9.17) is 9.68 Å². The molecule has 4 rings (SSSR count). The molecule has 0 spiro atoms. The molecule has 0 aliphatic carbocycles. The topological polar surface area (TPSA) is 106 Å². The molecule has 0 aliphatic rings. The summed E-state index contributed by atoms with van der Waals surface area (Å²) < 4.78 is 0. The Balaban J connectivity index is -0.000000375. The van der Waals surface area contributed by atoms with Gasteiger partial charge in [-0.2, -0.15) is 0 Å². The van der Waals surface area contributed by atoms with Crippen molar-refractivity contribution in [3.8, 4) is 0 Å². The molecule has 0 fully saturated rings. The maximum Gasteiger partial charge on any atom is 0.205 e. The normalized spacial score (nSPS) is 8.06. The summed E-state index contributed by atoms with van der Waals surface area (Å²) in [5.41, 5.74) is 2.92. The molecule has 0 radical (unpaired) electrons. The van der Waals surface area contributed by atoms with Gasteiger partial charge < -0.3 is 9.68 Å². The zero-order chi connectivity index (χ0) is 23.4. The van der Waals surface area contributed by atoms with Crippen molar-refractivity contribution < 1.29 is 9.68 Å². The van der Waals surface area contributed by atoms with Crippen LogP contribution in [0, 0.1) is 0 Å². The summed E-state index contributed by atoms with van der Waals surface area (Å²) in [4.78, 5) is 20.3. The molecule has 0 saturated carbocycles. The van der Waals surface area contributed by atoms with Crippen molar-refractivity contribution in [2.75, 3.05) is 14.2 Å². The minimum absolute atomic E-state index is 0. The molecule has 0 saturated heterocycles. The minimum Gasteiger partial charge on any atom is -0.398 e. The van der Waals surface area contributed by atoms with Gasteiger partial charge in [-0.3, -0.25) is 4.98 Å². The quantitative estimate of drug-likeness (QED) is 0.452. The highest BCUT2D eigenvalue weighted by molar-refractivity contribution is 5.72. The molecule has 176 valence electrons. The number of rotatable bonds is 2. The van der Waals surface area contributed by atoms with Gasteiger partial charge >= 0.3 is 0 Å². The Morgan fingerprint density at radius 3 is 1.84 bits per heavy atom. The van der Waals surface area contributed by atoms with E-state index in [0.29, 0.717) is 5.65 Å². The van der Waals surface area contributed by atoms with Gasteiger partial charge in [0.05, 0.1) is 6.20 Å². The van der Waals surface area contributed by atoms with Crippen molar-refractivity contribution in [1.29, 1.82) is 0 Å². The third-order valence-corrected chi connectivity index (χ3v) is 2.76. The molecule has 10 heteroatoms. The summed E-state index contributed by atoms with van der Waals surface area (Å²) in [6, 6.07) is 5.44. The Hall–Kier alpha value is -3.30. The molecule has 4 aromatic rings. The molecule has 0 atom stereocenters. The maximum atomic E-state index is 4.88. The largest absolute Gasteiger partial charge is 0.398 e.